The lowest BCUT2D eigenvalue weighted by molar-refractivity contribution is -0.148. The number of aromatic nitrogens is 4. The van der Waals surface area contributed by atoms with Crippen molar-refractivity contribution in [3.05, 3.63) is 77.7 Å². The van der Waals surface area contributed by atoms with Crippen LogP contribution in [0.15, 0.2) is 71.2 Å². The van der Waals surface area contributed by atoms with E-state index in [1.165, 1.54) is 35.7 Å². The molecule has 8 rings (SSSR count). The van der Waals surface area contributed by atoms with Crippen molar-refractivity contribution in [1.29, 1.82) is 0 Å². The van der Waals surface area contributed by atoms with Gasteiger partial charge in [0.15, 0.2) is 11.5 Å². The second-order valence-electron chi connectivity index (χ2n) is 11.3. The molecule has 3 saturated carbocycles. The number of carboxylic acids is 1. The van der Waals surface area contributed by atoms with Crippen LogP contribution in [0.2, 0.25) is 0 Å². The molecule has 12 heteroatoms. The fourth-order valence-corrected chi connectivity index (χ4v) is 8.63. The number of rotatable bonds is 7. The van der Waals surface area contributed by atoms with E-state index in [1.807, 2.05) is 24.4 Å². The summed E-state index contributed by atoms with van der Waals surface area (Å²) in [4.78, 5) is 27.0. The fraction of sp³-hybridized carbons (Fsp3) is 0.290. The Hall–Kier alpha value is -4.16. The van der Waals surface area contributed by atoms with Crippen LogP contribution in [-0.4, -0.2) is 44.5 Å². The van der Waals surface area contributed by atoms with Gasteiger partial charge in [-0.2, -0.15) is 0 Å². The molecule has 2 atom stereocenters. The van der Waals surface area contributed by atoms with Crippen molar-refractivity contribution in [2.75, 3.05) is 5.32 Å². The number of nitrogens with zero attached hydrogens (tertiary/aromatic N) is 4. The van der Waals surface area contributed by atoms with Crippen LogP contribution < -0.4 is 5.32 Å². The molecule has 220 valence electrons. The number of halogens is 1. The van der Waals surface area contributed by atoms with Crippen LogP contribution in [0.1, 0.15) is 31.2 Å². The molecule has 0 aliphatic heterocycles. The molecule has 2 unspecified atom stereocenters. The maximum atomic E-state index is 14.6. The van der Waals surface area contributed by atoms with Gasteiger partial charge in [-0.25, -0.2) is 31.7 Å². The molecule has 5 aromatic rings. The SMILES string of the molecule is Cc1ccc(S(=O)(=O)n2cc(-c3nc(NC4C5CCC(CC5)C4C(=O)O)cc(-c4cccs4)n3)c3cc(F)cnc32)cc1. The molecule has 0 spiro atoms. The molecule has 4 aromatic heterocycles. The molecule has 0 saturated heterocycles. The first kappa shape index (κ1) is 27.7. The minimum absolute atomic E-state index is 0.0483. The summed E-state index contributed by atoms with van der Waals surface area (Å²) in [6.45, 7) is 1.87. The number of fused-ring (bicyclic) bond motifs is 4. The Morgan fingerprint density at radius 2 is 1.81 bits per heavy atom. The number of carbonyl (C=O) groups is 1. The Bertz CT molecular complexity index is 1950. The predicted molar refractivity (Wildman–Crippen MR) is 162 cm³/mol. The summed E-state index contributed by atoms with van der Waals surface area (Å²) in [6.07, 6.45) is 6.08. The summed E-state index contributed by atoms with van der Waals surface area (Å²) in [6, 6.07) is 13.0. The van der Waals surface area contributed by atoms with Crippen LogP contribution in [0.3, 0.4) is 0 Å². The summed E-state index contributed by atoms with van der Waals surface area (Å²) in [5.74, 6) is -1.05. The maximum absolute atomic E-state index is 14.6. The summed E-state index contributed by atoms with van der Waals surface area (Å²) in [5, 5.41) is 15.7. The number of benzene rings is 1. The number of hydrogen-bond donors (Lipinski definition) is 2. The smallest absolute Gasteiger partial charge is 0.308 e. The van der Waals surface area contributed by atoms with E-state index in [4.69, 9.17) is 9.97 Å². The lowest BCUT2D eigenvalue weighted by atomic mass is 9.61. The second kappa shape index (κ2) is 10.5. The lowest BCUT2D eigenvalue weighted by Crippen LogP contribution is -2.51. The molecule has 2 N–H and O–H groups in total. The molecule has 3 aliphatic rings. The van der Waals surface area contributed by atoms with Gasteiger partial charge in [0.2, 0.25) is 0 Å². The first-order valence-corrected chi connectivity index (χ1v) is 16.4. The molecule has 3 fully saturated rings. The van der Waals surface area contributed by atoms with E-state index >= 15 is 0 Å². The highest BCUT2D eigenvalue weighted by Gasteiger charge is 2.47. The Labute approximate surface area is 251 Å². The van der Waals surface area contributed by atoms with Crippen LogP contribution in [0, 0.1) is 30.5 Å². The van der Waals surface area contributed by atoms with Gasteiger partial charge >= 0.3 is 5.97 Å². The summed E-state index contributed by atoms with van der Waals surface area (Å²) < 4.78 is 43.1. The zero-order valence-electron chi connectivity index (χ0n) is 23.1. The van der Waals surface area contributed by atoms with Crippen molar-refractivity contribution in [3.63, 3.8) is 0 Å². The van der Waals surface area contributed by atoms with Gasteiger partial charge in [-0.1, -0.05) is 23.8 Å². The van der Waals surface area contributed by atoms with Crippen molar-refractivity contribution < 1.29 is 22.7 Å². The number of anilines is 1. The van der Waals surface area contributed by atoms with Gasteiger partial charge in [-0.3, -0.25) is 4.79 Å². The Kier molecular flexibility index (Phi) is 6.77. The van der Waals surface area contributed by atoms with Gasteiger partial charge in [0, 0.05) is 29.3 Å². The van der Waals surface area contributed by atoms with Gasteiger partial charge in [0.1, 0.15) is 11.6 Å². The number of aryl methyl sites for hydroxylation is 1. The molecule has 1 aromatic carbocycles. The third kappa shape index (κ3) is 4.88. The van der Waals surface area contributed by atoms with Crippen molar-refractivity contribution >= 4 is 44.2 Å². The lowest BCUT2D eigenvalue weighted by Gasteiger charge is -2.47. The maximum Gasteiger partial charge on any atom is 0.308 e. The van der Waals surface area contributed by atoms with Gasteiger partial charge in [0.25, 0.3) is 10.0 Å². The van der Waals surface area contributed by atoms with Crippen molar-refractivity contribution in [3.8, 4) is 22.0 Å². The highest BCUT2D eigenvalue weighted by atomic mass is 32.2. The molecule has 2 bridgehead atoms. The topological polar surface area (TPSA) is 127 Å². The van der Waals surface area contributed by atoms with E-state index in [0.717, 1.165) is 46.3 Å². The van der Waals surface area contributed by atoms with Gasteiger partial charge < -0.3 is 10.4 Å². The number of carboxylic acid groups (broad SMARTS) is 1. The van der Waals surface area contributed by atoms with Crippen LogP contribution in [0.5, 0.6) is 0 Å². The highest BCUT2D eigenvalue weighted by Crippen LogP contribution is 2.46. The van der Waals surface area contributed by atoms with E-state index in [0.29, 0.717) is 17.1 Å². The molecular formula is C31H28FN5O4S2. The van der Waals surface area contributed by atoms with E-state index in [9.17, 15) is 22.7 Å². The monoisotopic (exact) mass is 617 g/mol. The van der Waals surface area contributed by atoms with E-state index in [1.54, 1.807) is 18.2 Å². The van der Waals surface area contributed by atoms with Gasteiger partial charge in [0.05, 0.1) is 27.6 Å². The summed E-state index contributed by atoms with van der Waals surface area (Å²) in [5.41, 5.74) is 1.83. The highest BCUT2D eigenvalue weighted by molar-refractivity contribution is 7.90. The largest absolute Gasteiger partial charge is 0.481 e. The third-order valence-corrected chi connectivity index (χ3v) is 11.3. The van der Waals surface area contributed by atoms with Gasteiger partial charge in [-0.05, 0) is 74.1 Å². The quantitative estimate of drug-likeness (QED) is 0.221. The Balaban J connectivity index is 1.39. The van der Waals surface area contributed by atoms with Crippen LogP contribution in [-0.2, 0) is 14.8 Å². The van der Waals surface area contributed by atoms with Gasteiger partial charge in [-0.15, -0.1) is 11.3 Å². The summed E-state index contributed by atoms with van der Waals surface area (Å²) in [7, 11) is -4.09. The van der Waals surface area contributed by atoms with Crippen molar-refractivity contribution in [2.24, 2.45) is 17.8 Å². The summed E-state index contributed by atoms with van der Waals surface area (Å²) >= 11 is 1.48. The fourth-order valence-electron chi connectivity index (χ4n) is 6.61. The second-order valence-corrected chi connectivity index (χ2v) is 14.1. The molecule has 0 amide bonds. The van der Waals surface area contributed by atoms with Crippen LogP contribution in [0.25, 0.3) is 33.0 Å². The number of nitrogens with one attached hydrogen (secondary N) is 1. The predicted octanol–water partition coefficient (Wildman–Crippen LogP) is 6.21. The molecule has 0 radical (unpaired) electrons. The Morgan fingerprint density at radius 3 is 2.51 bits per heavy atom. The minimum atomic E-state index is -4.09. The molecule has 3 aliphatic carbocycles. The first-order chi connectivity index (χ1) is 20.7. The minimum Gasteiger partial charge on any atom is -0.481 e. The third-order valence-electron chi connectivity index (χ3n) is 8.72. The number of aliphatic carboxylic acids is 1. The average molecular weight is 618 g/mol. The van der Waals surface area contributed by atoms with Crippen LogP contribution >= 0.6 is 11.3 Å². The number of thiophene rings is 1. The molecule has 4 heterocycles. The molecule has 9 nitrogen and oxygen atoms in total. The molecular weight excluding hydrogens is 590 g/mol. The van der Waals surface area contributed by atoms with E-state index in [-0.39, 0.29) is 39.6 Å². The van der Waals surface area contributed by atoms with E-state index in [2.05, 4.69) is 10.3 Å². The van der Waals surface area contributed by atoms with E-state index < -0.39 is 27.7 Å². The number of pyridine rings is 1. The van der Waals surface area contributed by atoms with Crippen molar-refractivity contribution in [2.45, 2.75) is 43.5 Å². The molecule has 43 heavy (non-hydrogen) atoms. The average Bonchev–Trinajstić information content (AvgIpc) is 3.67. The van der Waals surface area contributed by atoms with Crippen molar-refractivity contribution in [1.82, 2.24) is 18.9 Å². The zero-order chi connectivity index (χ0) is 29.9. The Morgan fingerprint density at radius 1 is 1.07 bits per heavy atom. The zero-order valence-corrected chi connectivity index (χ0v) is 24.8. The van der Waals surface area contributed by atoms with Crippen LogP contribution in [0.4, 0.5) is 10.2 Å². The standard InChI is InChI=1S/C31H28FN5O4S2/c1-17-4-10-21(11-5-17)43(40,41)37-16-23(22-13-20(32)15-33-30(22)37)29-34-24(25-3-2-12-42-25)14-26(36-29)35-28-19-8-6-18(7-9-19)27(28)31(38)39/h2-5,10-16,18-19,27-28H,6-9H2,1H3,(H,38,39)(H,34,35,36). The first-order valence-electron chi connectivity index (χ1n) is 14.1. The normalized spacial score (nSPS) is 21.7. The number of hydrogen-bond acceptors (Lipinski definition) is 8.